The van der Waals surface area contributed by atoms with Gasteiger partial charge in [-0.1, -0.05) is 12.1 Å². The maximum atomic E-state index is 12.6. The van der Waals surface area contributed by atoms with Gasteiger partial charge in [-0.15, -0.1) is 0 Å². The fourth-order valence-corrected chi connectivity index (χ4v) is 3.41. The lowest BCUT2D eigenvalue weighted by atomic mass is 10.1. The summed E-state index contributed by atoms with van der Waals surface area (Å²) in [5, 5.41) is 21.4. The molecule has 1 heterocycles. The normalized spacial score (nSPS) is 11.0. The summed E-state index contributed by atoms with van der Waals surface area (Å²) >= 11 is 0. The van der Waals surface area contributed by atoms with E-state index in [0.717, 1.165) is 34.0 Å². The smallest absolute Gasteiger partial charge is 0.335 e. The van der Waals surface area contributed by atoms with Gasteiger partial charge in [0.1, 0.15) is 17.4 Å². The zero-order valence-electron chi connectivity index (χ0n) is 18.0. The molecule has 0 spiro atoms. The molecular formula is C25H23N3O4. The van der Waals surface area contributed by atoms with Crippen LogP contribution < -0.4 is 10.1 Å². The van der Waals surface area contributed by atoms with Crippen molar-refractivity contribution in [3.63, 3.8) is 0 Å². The molecule has 0 aliphatic carbocycles. The monoisotopic (exact) mass is 429 g/mol. The zero-order chi connectivity index (χ0) is 23.3. The lowest BCUT2D eigenvalue weighted by molar-refractivity contribution is -0.117. The van der Waals surface area contributed by atoms with Crippen LogP contribution >= 0.6 is 0 Å². The largest absolute Gasteiger partial charge is 0.497 e. The second-order valence-corrected chi connectivity index (χ2v) is 7.21. The molecule has 162 valence electrons. The molecule has 2 aromatic carbocycles. The third-order valence-corrected chi connectivity index (χ3v) is 5.12. The third kappa shape index (κ3) is 4.87. The Morgan fingerprint density at radius 1 is 1.12 bits per heavy atom. The zero-order valence-corrected chi connectivity index (χ0v) is 18.0. The van der Waals surface area contributed by atoms with Crippen molar-refractivity contribution in [1.29, 1.82) is 5.26 Å². The lowest BCUT2D eigenvalue weighted by Gasteiger charge is -2.10. The Bertz CT molecular complexity index is 1210. The second-order valence-electron chi connectivity index (χ2n) is 7.21. The van der Waals surface area contributed by atoms with Gasteiger partial charge in [-0.25, -0.2) is 4.79 Å². The summed E-state index contributed by atoms with van der Waals surface area (Å²) in [7, 11) is 1.59. The van der Waals surface area contributed by atoms with Gasteiger partial charge in [-0.2, -0.15) is 5.26 Å². The number of carboxylic acids is 1. The van der Waals surface area contributed by atoms with E-state index in [2.05, 4.69) is 5.32 Å². The Hall–Kier alpha value is -4.31. The van der Waals surface area contributed by atoms with E-state index in [-0.39, 0.29) is 17.7 Å². The minimum absolute atomic E-state index is 0.0000122. The summed E-state index contributed by atoms with van der Waals surface area (Å²) in [4.78, 5) is 23.6. The molecule has 0 fully saturated rings. The molecule has 0 atom stereocenters. The molecule has 2 N–H and O–H groups in total. The number of ether oxygens (including phenoxy) is 1. The molecule has 32 heavy (non-hydrogen) atoms. The number of nitrogens with one attached hydrogen (secondary N) is 1. The quantitative estimate of drug-likeness (QED) is 0.436. The topological polar surface area (TPSA) is 104 Å². The van der Waals surface area contributed by atoms with Crippen LogP contribution in [0.1, 0.15) is 32.9 Å². The Labute approximate surface area is 186 Å². The molecule has 0 unspecified atom stereocenters. The van der Waals surface area contributed by atoms with Crippen LogP contribution in [-0.2, 0) is 11.3 Å². The number of nitriles is 1. The fraction of sp³-hybridized carbons (Fsp3) is 0.160. The average molecular weight is 429 g/mol. The number of aromatic carboxylic acids is 1. The Kier molecular flexibility index (Phi) is 6.76. The lowest BCUT2D eigenvalue weighted by Crippen LogP contribution is -2.23. The number of aryl methyl sites for hydroxylation is 1. The molecule has 7 nitrogen and oxygen atoms in total. The SMILES string of the molecule is COc1ccc(CNC(=O)/C(C#N)=C\c2cc(C)n(-c3ccc(C(=O)O)cc3)c2C)cc1. The highest BCUT2D eigenvalue weighted by Crippen LogP contribution is 2.23. The van der Waals surface area contributed by atoms with Crippen molar-refractivity contribution in [1.82, 2.24) is 9.88 Å². The Morgan fingerprint density at radius 2 is 1.78 bits per heavy atom. The van der Waals surface area contributed by atoms with Crippen molar-refractivity contribution in [2.75, 3.05) is 7.11 Å². The van der Waals surface area contributed by atoms with Gasteiger partial charge in [0.2, 0.25) is 0 Å². The minimum atomic E-state index is -0.986. The van der Waals surface area contributed by atoms with E-state index in [9.17, 15) is 14.9 Å². The minimum Gasteiger partial charge on any atom is -0.497 e. The van der Waals surface area contributed by atoms with Crippen LogP contribution in [0.5, 0.6) is 5.75 Å². The molecule has 3 rings (SSSR count). The summed E-state index contributed by atoms with van der Waals surface area (Å²) < 4.78 is 7.07. The Morgan fingerprint density at radius 3 is 2.34 bits per heavy atom. The van der Waals surface area contributed by atoms with E-state index >= 15 is 0 Å². The molecule has 0 bridgehead atoms. The number of nitrogens with zero attached hydrogens (tertiary/aromatic N) is 2. The molecule has 0 radical (unpaired) electrons. The van der Waals surface area contributed by atoms with Crippen LogP contribution in [-0.4, -0.2) is 28.7 Å². The van der Waals surface area contributed by atoms with E-state index < -0.39 is 11.9 Å². The first-order valence-electron chi connectivity index (χ1n) is 9.89. The molecule has 0 saturated carbocycles. The molecule has 1 amide bonds. The first-order chi connectivity index (χ1) is 15.3. The van der Waals surface area contributed by atoms with Crippen molar-refractivity contribution in [3.05, 3.63) is 88.2 Å². The number of aromatic nitrogens is 1. The molecular weight excluding hydrogens is 406 g/mol. The Balaban J connectivity index is 1.80. The summed E-state index contributed by atoms with van der Waals surface area (Å²) in [6.07, 6.45) is 1.56. The van der Waals surface area contributed by atoms with E-state index in [0.29, 0.717) is 0 Å². The molecule has 0 aliphatic rings. The average Bonchev–Trinajstić information content (AvgIpc) is 3.08. The predicted molar refractivity (Wildman–Crippen MR) is 121 cm³/mol. The van der Waals surface area contributed by atoms with Gasteiger partial charge in [0.25, 0.3) is 5.91 Å². The van der Waals surface area contributed by atoms with Crippen LogP contribution in [0.15, 0.2) is 60.2 Å². The van der Waals surface area contributed by atoms with Gasteiger partial charge < -0.3 is 19.7 Å². The van der Waals surface area contributed by atoms with Crippen LogP contribution in [0.3, 0.4) is 0 Å². The maximum absolute atomic E-state index is 12.6. The van der Waals surface area contributed by atoms with Crippen molar-refractivity contribution in [3.8, 4) is 17.5 Å². The highest BCUT2D eigenvalue weighted by Gasteiger charge is 2.14. The van der Waals surface area contributed by atoms with Gasteiger partial charge in [-0.3, -0.25) is 4.79 Å². The van der Waals surface area contributed by atoms with E-state index in [1.54, 1.807) is 49.6 Å². The summed E-state index contributed by atoms with van der Waals surface area (Å²) in [5.74, 6) is -0.718. The summed E-state index contributed by atoms with van der Waals surface area (Å²) in [6, 6.07) is 17.7. The number of hydrogen-bond donors (Lipinski definition) is 2. The predicted octanol–water partition coefficient (Wildman–Crippen LogP) is 4.02. The number of benzene rings is 2. The molecule has 7 heteroatoms. The fourth-order valence-electron chi connectivity index (χ4n) is 3.41. The van der Waals surface area contributed by atoms with Crippen molar-refractivity contribution >= 4 is 18.0 Å². The van der Waals surface area contributed by atoms with Gasteiger partial charge in [-0.05, 0) is 73.5 Å². The van der Waals surface area contributed by atoms with Gasteiger partial charge in [0.15, 0.2) is 0 Å². The number of rotatable bonds is 7. The van der Waals surface area contributed by atoms with Gasteiger partial charge in [0.05, 0.1) is 12.7 Å². The molecule has 0 aliphatic heterocycles. The van der Waals surface area contributed by atoms with Crippen molar-refractivity contribution in [2.45, 2.75) is 20.4 Å². The van der Waals surface area contributed by atoms with Crippen molar-refractivity contribution < 1.29 is 19.4 Å². The first-order valence-corrected chi connectivity index (χ1v) is 9.89. The van der Waals surface area contributed by atoms with E-state index in [1.807, 2.05) is 42.7 Å². The number of carbonyl (C=O) groups is 2. The first kappa shape index (κ1) is 22.4. The number of methoxy groups -OCH3 is 1. The molecule has 0 saturated heterocycles. The van der Waals surface area contributed by atoms with Gasteiger partial charge >= 0.3 is 5.97 Å². The van der Waals surface area contributed by atoms with Crippen LogP contribution in [0.2, 0.25) is 0 Å². The molecule has 1 aromatic heterocycles. The van der Waals surface area contributed by atoms with E-state index in [4.69, 9.17) is 9.84 Å². The van der Waals surface area contributed by atoms with Crippen LogP contribution in [0.25, 0.3) is 11.8 Å². The van der Waals surface area contributed by atoms with Crippen LogP contribution in [0, 0.1) is 25.2 Å². The third-order valence-electron chi connectivity index (χ3n) is 5.12. The van der Waals surface area contributed by atoms with E-state index in [1.165, 1.54) is 0 Å². The summed E-state index contributed by atoms with van der Waals surface area (Å²) in [6.45, 7) is 4.08. The number of carboxylic acid groups (broad SMARTS) is 1. The molecule has 3 aromatic rings. The van der Waals surface area contributed by atoms with Crippen LogP contribution in [0.4, 0.5) is 0 Å². The highest BCUT2D eigenvalue weighted by molar-refractivity contribution is 6.01. The number of carbonyl (C=O) groups excluding carboxylic acids is 1. The number of hydrogen-bond acceptors (Lipinski definition) is 4. The highest BCUT2D eigenvalue weighted by atomic mass is 16.5. The summed E-state index contributed by atoms with van der Waals surface area (Å²) in [5.41, 5.74) is 4.36. The maximum Gasteiger partial charge on any atom is 0.335 e. The number of amides is 1. The van der Waals surface area contributed by atoms with Gasteiger partial charge in [0, 0.05) is 23.6 Å². The van der Waals surface area contributed by atoms with Crippen molar-refractivity contribution in [2.24, 2.45) is 0 Å². The standard InChI is InChI=1S/C25H23N3O4/c1-16-12-20(17(2)28(16)22-8-6-19(7-9-22)25(30)31)13-21(14-26)24(29)27-15-18-4-10-23(32-3)11-5-18/h4-13H,15H2,1-3H3,(H,27,29)(H,30,31)/b21-13-. The second kappa shape index (κ2) is 9.67.